The molecule has 1 aromatic carbocycles. The Hall–Kier alpha value is -2.58. The second-order valence-electron chi connectivity index (χ2n) is 6.48. The van der Waals surface area contributed by atoms with Crippen LogP contribution in [0, 0.1) is 0 Å². The molecule has 0 fully saturated rings. The van der Waals surface area contributed by atoms with E-state index in [4.69, 9.17) is 9.47 Å². The molecule has 1 aliphatic heterocycles. The fourth-order valence-corrected chi connectivity index (χ4v) is 3.90. The zero-order valence-electron chi connectivity index (χ0n) is 16.4. The number of fused-ring (bicyclic) bond motifs is 1. The first-order valence-electron chi connectivity index (χ1n) is 9.53. The summed E-state index contributed by atoms with van der Waals surface area (Å²) in [7, 11) is 1.61. The van der Waals surface area contributed by atoms with E-state index in [9.17, 15) is 9.59 Å². The lowest BCUT2D eigenvalue weighted by Gasteiger charge is -2.29. The standard InChI is InChI=1S/C21H25N3O4S/c1-27-11-12-28-20-8-6-16(15-23-20)14-22-19(25)7-9-21(26)24-10-13-29-18-5-3-2-4-17(18)24/h2-6,8,15H,7,9-14H2,1H3,(H,22,25). The summed E-state index contributed by atoms with van der Waals surface area (Å²) < 4.78 is 10.3. The van der Waals surface area contributed by atoms with Crippen LogP contribution in [0.5, 0.6) is 5.88 Å². The molecule has 29 heavy (non-hydrogen) atoms. The Kier molecular flexibility index (Phi) is 7.89. The third kappa shape index (κ3) is 6.20. The predicted octanol–water partition coefficient (Wildman–Crippen LogP) is 2.64. The van der Waals surface area contributed by atoms with Crippen molar-refractivity contribution in [3.05, 3.63) is 48.2 Å². The van der Waals surface area contributed by atoms with Gasteiger partial charge in [0.25, 0.3) is 0 Å². The van der Waals surface area contributed by atoms with Crippen LogP contribution in [0.3, 0.4) is 0 Å². The Labute approximate surface area is 174 Å². The van der Waals surface area contributed by atoms with E-state index in [2.05, 4.69) is 10.3 Å². The second-order valence-corrected chi connectivity index (χ2v) is 7.62. The van der Waals surface area contributed by atoms with Gasteiger partial charge in [0.05, 0.1) is 12.3 Å². The number of pyridine rings is 1. The number of rotatable bonds is 9. The molecule has 1 N–H and O–H groups in total. The van der Waals surface area contributed by atoms with E-state index in [1.165, 1.54) is 0 Å². The Morgan fingerprint density at radius 1 is 1.17 bits per heavy atom. The van der Waals surface area contributed by atoms with E-state index in [1.54, 1.807) is 36.0 Å². The van der Waals surface area contributed by atoms with Gasteiger partial charge in [-0.3, -0.25) is 9.59 Å². The number of hydrogen-bond donors (Lipinski definition) is 1. The molecule has 2 aromatic rings. The topological polar surface area (TPSA) is 80.8 Å². The number of methoxy groups -OCH3 is 1. The van der Waals surface area contributed by atoms with Gasteiger partial charge in [-0.1, -0.05) is 18.2 Å². The van der Waals surface area contributed by atoms with Crippen LogP contribution in [0.4, 0.5) is 5.69 Å². The van der Waals surface area contributed by atoms with Crippen molar-refractivity contribution >= 4 is 29.3 Å². The SMILES string of the molecule is COCCOc1ccc(CNC(=O)CCC(=O)N2CCSc3ccccc32)cn1. The van der Waals surface area contributed by atoms with Gasteiger partial charge < -0.3 is 19.7 Å². The Morgan fingerprint density at radius 2 is 2.03 bits per heavy atom. The van der Waals surface area contributed by atoms with Gasteiger partial charge in [0.1, 0.15) is 6.61 Å². The van der Waals surface area contributed by atoms with Gasteiger partial charge in [-0.15, -0.1) is 11.8 Å². The summed E-state index contributed by atoms with van der Waals surface area (Å²) in [6.07, 6.45) is 2.02. The van der Waals surface area contributed by atoms with Gasteiger partial charge in [-0.2, -0.15) is 0 Å². The average Bonchev–Trinajstić information content (AvgIpc) is 2.76. The number of thioether (sulfide) groups is 1. The highest BCUT2D eigenvalue weighted by Gasteiger charge is 2.22. The molecule has 0 bridgehead atoms. The number of carbonyl (C=O) groups is 2. The van der Waals surface area contributed by atoms with Crippen LogP contribution in [0.15, 0.2) is 47.5 Å². The number of ether oxygens (including phenoxy) is 2. The van der Waals surface area contributed by atoms with Gasteiger partial charge in [0, 0.05) is 56.0 Å². The number of nitrogens with one attached hydrogen (secondary N) is 1. The number of benzene rings is 1. The minimum atomic E-state index is -0.154. The summed E-state index contributed by atoms with van der Waals surface area (Å²) in [5.41, 5.74) is 1.80. The summed E-state index contributed by atoms with van der Waals surface area (Å²) in [5, 5.41) is 2.83. The normalized spacial score (nSPS) is 12.9. The van der Waals surface area contributed by atoms with E-state index in [0.717, 1.165) is 21.9 Å². The lowest BCUT2D eigenvalue weighted by molar-refractivity contribution is -0.125. The molecule has 0 radical (unpaired) electrons. The average molecular weight is 416 g/mol. The highest BCUT2D eigenvalue weighted by Crippen LogP contribution is 2.34. The molecular formula is C21H25N3O4S. The van der Waals surface area contributed by atoms with E-state index in [1.807, 2.05) is 30.3 Å². The molecule has 1 aromatic heterocycles. The first-order valence-corrected chi connectivity index (χ1v) is 10.5. The van der Waals surface area contributed by atoms with Gasteiger partial charge in [0.15, 0.2) is 0 Å². The number of aromatic nitrogens is 1. The summed E-state index contributed by atoms with van der Waals surface area (Å²) >= 11 is 1.75. The molecule has 0 spiro atoms. The van der Waals surface area contributed by atoms with Gasteiger partial charge in [0.2, 0.25) is 17.7 Å². The number of hydrogen-bond acceptors (Lipinski definition) is 6. The smallest absolute Gasteiger partial charge is 0.227 e. The molecule has 8 heteroatoms. The van der Waals surface area contributed by atoms with Gasteiger partial charge >= 0.3 is 0 Å². The molecule has 0 unspecified atom stereocenters. The van der Waals surface area contributed by atoms with E-state index < -0.39 is 0 Å². The molecule has 0 aliphatic carbocycles. The van der Waals surface area contributed by atoms with Crippen molar-refractivity contribution in [3.8, 4) is 5.88 Å². The Bertz CT molecular complexity index is 829. The van der Waals surface area contributed by atoms with Crippen LogP contribution in [0.1, 0.15) is 18.4 Å². The van der Waals surface area contributed by atoms with Crippen LogP contribution in [0.2, 0.25) is 0 Å². The lowest BCUT2D eigenvalue weighted by Crippen LogP contribution is -2.36. The fraction of sp³-hybridized carbons (Fsp3) is 0.381. The van der Waals surface area contributed by atoms with Crippen molar-refractivity contribution in [2.24, 2.45) is 0 Å². The lowest BCUT2D eigenvalue weighted by atomic mass is 10.2. The molecule has 0 atom stereocenters. The van der Waals surface area contributed by atoms with Crippen molar-refractivity contribution in [2.45, 2.75) is 24.3 Å². The van der Waals surface area contributed by atoms with E-state index in [-0.39, 0.29) is 24.7 Å². The van der Waals surface area contributed by atoms with Crippen molar-refractivity contribution in [3.63, 3.8) is 0 Å². The fourth-order valence-electron chi connectivity index (χ4n) is 2.90. The summed E-state index contributed by atoms with van der Waals surface area (Å²) in [4.78, 5) is 31.8. The number of amides is 2. The van der Waals surface area contributed by atoms with Gasteiger partial charge in [-0.05, 0) is 17.7 Å². The Balaban J connectivity index is 1.42. The first-order chi connectivity index (χ1) is 14.2. The molecule has 1 aliphatic rings. The predicted molar refractivity (Wildman–Crippen MR) is 112 cm³/mol. The maximum Gasteiger partial charge on any atom is 0.227 e. The van der Waals surface area contributed by atoms with Crippen LogP contribution in [-0.4, -0.2) is 49.4 Å². The van der Waals surface area contributed by atoms with Crippen LogP contribution in [0.25, 0.3) is 0 Å². The second kappa shape index (κ2) is 10.8. The van der Waals surface area contributed by atoms with Crippen molar-refractivity contribution in [1.29, 1.82) is 0 Å². The minimum Gasteiger partial charge on any atom is -0.475 e. The monoisotopic (exact) mass is 415 g/mol. The quantitative estimate of drug-likeness (QED) is 0.634. The van der Waals surface area contributed by atoms with Crippen molar-refractivity contribution in [2.75, 3.05) is 37.5 Å². The summed E-state index contributed by atoms with van der Waals surface area (Å²) in [6.45, 7) is 1.97. The molecule has 154 valence electrons. The number of anilines is 1. The minimum absolute atomic E-state index is 0.0212. The van der Waals surface area contributed by atoms with Crippen molar-refractivity contribution < 1.29 is 19.1 Å². The third-order valence-corrected chi connectivity index (χ3v) is 5.46. The first kappa shape index (κ1) is 21.1. The maximum atomic E-state index is 12.6. The molecule has 0 saturated heterocycles. The third-order valence-electron chi connectivity index (χ3n) is 4.42. The van der Waals surface area contributed by atoms with Crippen LogP contribution < -0.4 is 15.0 Å². The highest BCUT2D eigenvalue weighted by molar-refractivity contribution is 7.99. The highest BCUT2D eigenvalue weighted by atomic mass is 32.2. The summed E-state index contributed by atoms with van der Waals surface area (Å²) in [6, 6.07) is 11.5. The molecule has 2 amide bonds. The number of carbonyl (C=O) groups excluding carboxylic acids is 2. The molecular weight excluding hydrogens is 390 g/mol. The van der Waals surface area contributed by atoms with Crippen molar-refractivity contribution in [1.82, 2.24) is 10.3 Å². The molecule has 0 saturated carbocycles. The van der Waals surface area contributed by atoms with E-state index >= 15 is 0 Å². The molecule has 7 nitrogen and oxygen atoms in total. The largest absolute Gasteiger partial charge is 0.475 e. The van der Waals surface area contributed by atoms with Crippen LogP contribution >= 0.6 is 11.8 Å². The van der Waals surface area contributed by atoms with E-state index in [0.29, 0.717) is 32.2 Å². The maximum absolute atomic E-state index is 12.6. The van der Waals surface area contributed by atoms with Gasteiger partial charge in [-0.25, -0.2) is 4.98 Å². The molecule has 2 heterocycles. The number of para-hydroxylation sites is 1. The zero-order valence-corrected chi connectivity index (χ0v) is 17.2. The zero-order chi connectivity index (χ0) is 20.5. The molecule has 3 rings (SSSR count). The summed E-state index contributed by atoms with van der Waals surface area (Å²) in [5.74, 6) is 1.21. The van der Waals surface area contributed by atoms with Crippen LogP contribution in [-0.2, 0) is 20.9 Å². The number of nitrogens with zero attached hydrogens (tertiary/aromatic N) is 2. The Morgan fingerprint density at radius 3 is 2.83 bits per heavy atom.